The normalized spacial score (nSPS) is 13.9. The molecule has 0 radical (unpaired) electrons. The van der Waals surface area contributed by atoms with E-state index in [1.54, 1.807) is 0 Å². The van der Waals surface area contributed by atoms with Crippen LogP contribution in [-0.4, -0.2) is 22.0 Å². The van der Waals surface area contributed by atoms with E-state index in [-0.39, 0.29) is 11.8 Å². The summed E-state index contributed by atoms with van der Waals surface area (Å²) in [6.45, 7) is 1.24. The number of carbonyl (C=O) groups excluding carboxylic acids is 1. The molecule has 4 rings (SSSR count). The number of aromatic nitrogens is 2. The monoisotopic (exact) mass is 401 g/mol. The van der Waals surface area contributed by atoms with Gasteiger partial charge in [0.1, 0.15) is 5.82 Å². The van der Waals surface area contributed by atoms with Crippen molar-refractivity contribution in [1.82, 2.24) is 14.9 Å². The Bertz CT molecular complexity index is 958. The number of nitrogens with one attached hydrogen (secondary N) is 1. The first kappa shape index (κ1) is 18.3. The van der Waals surface area contributed by atoms with Crippen LogP contribution in [-0.2, 0) is 17.8 Å². The Morgan fingerprint density at radius 3 is 2.59 bits per heavy atom. The van der Waals surface area contributed by atoms with E-state index in [4.69, 9.17) is 28.2 Å². The second kappa shape index (κ2) is 7.91. The Morgan fingerprint density at radius 2 is 1.85 bits per heavy atom. The van der Waals surface area contributed by atoms with Crippen LogP contribution in [0.3, 0.4) is 0 Å². The molecule has 1 heterocycles. The number of aryl methyl sites for hydroxylation is 1. The van der Waals surface area contributed by atoms with Crippen LogP contribution in [0.15, 0.2) is 42.5 Å². The van der Waals surface area contributed by atoms with Crippen molar-refractivity contribution in [2.45, 2.75) is 32.2 Å². The topological polar surface area (TPSA) is 46.9 Å². The summed E-state index contributed by atoms with van der Waals surface area (Å²) in [6, 6.07) is 13.6. The number of para-hydroxylation sites is 2. The van der Waals surface area contributed by atoms with Crippen molar-refractivity contribution in [3.05, 3.63) is 63.9 Å². The lowest BCUT2D eigenvalue weighted by molar-refractivity contribution is -0.122. The number of carbonyl (C=O) groups is 1. The highest BCUT2D eigenvalue weighted by atomic mass is 35.5. The third-order valence-electron chi connectivity index (χ3n) is 4.94. The molecular formula is C21H21Cl2N3O. The van der Waals surface area contributed by atoms with Gasteiger partial charge in [0.15, 0.2) is 0 Å². The summed E-state index contributed by atoms with van der Waals surface area (Å²) in [6.07, 6.45) is 3.68. The summed E-state index contributed by atoms with van der Waals surface area (Å²) in [7, 11) is 0. The Morgan fingerprint density at radius 1 is 1.11 bits per heavy atom. The smallest absolute Gasteiger partial charge is 0.223 e. The fourth-order valence-electron chi connectivity index (χ4n) is 3.28. The van der Waals surface area contributed by atoms with Crippen molar-refractivity contribution in [2.24, 2.45) is 5.92 Å². The molecule has 0 spiro atoms. The quantitative estimate of drug-likeness (QED) is 0.575. The van der Waals surface area contributed by atoms with Crippen LogP contribution in [0, 0.1) is 5.92 Å². The average Bonchev–Trinajstić information content (AvgIpc) is 3.45. The Labute approximate surface area is 168 Å². The van der Waals surface area contributed by atoms with Crippen molar-refractivity contribution in [2.75, 3.05) is 6.54 Å². The van der Waals surface area contributed by atoms with Crippen molar-refractivity contribution >= 4 is 40.1 Å². The third-order valence-corrected chi connectivity index (χ3v) is 5.64. The van der Waals surface area contributed by atoms with Crippen molar-refractivity contribution in [3.8, 4) is 0 Å². The van der Waals surface area contributed by atoms with E-state index in [2.05, 4.69) is 16.0 Å². The van der Waals surface area contributed by atoms with E-state index < -0.39 is 0 Å². The molecule has 0 unspecified atom stereocenters. The number of fused-ring (bicyclic) bond motifs is 1. The molecule has 27 heavy (non-hydrogen) atoms. The first-order valence-electron chi connectivity index (χ1n) is 9.28. The highest BCUT2D eigenvalue weighted by Gasteiger charge is 2.29. The lowest BCUT2D eigenvalue weighted by Gasteiger charge is -2.12. The predicted octanol–water partition coefficient (Wildman–Crippen LogP) is 4.85. The summed E-state index contributed by atoms with van der Waals surface area (Å²) < 4.78 is 2.17. The van der Waals surface area contributed by atoms with Gasteiger partial charge < -0.3 is 9.88 Å². The van der Waals surface area contributed by atoms with Crippen molar-refractivity contribution in [1.29, 1.82) is 0 Å². The Kier molecular flexibility index (Phi) is 5.37. The molecule has 1 fully saturated rings. The average molecular weight is 402 g/mol. The highest BCUT2D eigenvalue weighted by Crippen LogP contribution is 2.29. The van der Waals surface area contributed by atoms with Gasteiger partial charge in [0, 0.05) is 34.5 Å². The Hall–Kier alpha value is -2.04. The van der Waals surface area contributed by atoms with Crippen LogP contribution in [0.2, 0.25) is 10.0 Å². The van der Waals surface area contributed by atoms with Crippen LogP contribution in [0.5, 0.6) is 0 Å². The molecule has 0 bridgehead atoms. The zero-order valence-electron chi connectivity index (χ0n) is 14.9. The fraction of sp³-hybridized carbons (Fsp3) is 0.333. The van der Waals surface area contributed by atoms with Crippen LogP contribution >= 0.6 is 23.2 Å². The summed E-state index contributed by atoms with van der Waals surface area (Å²) in [4.78, 5) is 16.6. The van der Waals surface area contributed by atoms with Crippen LogP contribution in [0.25, 0.3) is 11.0 Å². The van der Waals surface area contributed by atoms with Gasteiger partial charge in [-0.15, -0.1) is 0 Å². The predicted molar refractivity (Wildman–Crippen MR) is 109 cm³/mol. The minimum absolute atomic E-state index is 0.186. The number of rotatable bonds is 7. The lowest BCUT2D eigenvalue weighted by Crippen LogP contribution is -2.26. The molecule has 140 valence electrons. The van der Waals surface area contributed by atoms with Crippen molar-refractivity contribution in [3.63, 3.8) is 0 Å². The molecule has 1 N–H and O–H groups in total. The maximum absolute atomic E-state index is 11.8. The largest absolute Gasteiger partial charge is 0.356 e. The molecule has 2 aromatic carbocycles. The highest BCUT2D eigenvalue weighted by molar-refractivity contribution is 6.36. The molecule has 1 aliphatic rings. The number of hydrogen-bond acceptors (Lipinski definition) is 2. The van der Waals surface area contributed by atoms with E-state index in [1.807, 2.05) is 36.4 Å². The second-order valence-corrected chi connectivity index (χ2v) is 7.79. The fourth-order valence-corrected chi connectivity index (χ4v) is 3.80. The van der Waals surface area contributed by atoms with Crippen LogP contribution < -0.4 is 5.32 Å². The number of amides is 1. The number of halogens is 2. The standard InChI is InChI=1S/C21H21Cl2N3O/c22-16-5-3-6-17(23)15(16)13-26-19-8-2-1-7-18(19)25-20(26)9-4-12-24-21(27)14-10-11-14/h1-3,5-8,14H,4,9-13H2,(H,24,27). The second-order valence-electron chi connectivity index (χ2n) is 6.97. The minimum atomic E-state index is 0.186. The van der Waals surface area contributed by atoms with E-state index >= 15 is 0 Å². The van der Waals surface area contributed by atoms with Gasteiger partial charge in [0.05, 0.1) is 17.6 Å². The molecule has 0 atom stereocenters. The zero-order valence-corrected chi connectivity index (χ0v) is 16.4. The number of benzene rings is 2. The molecular weight excluding hydrogens is 381 g/mol. The van der Waals surface area contributed by atoms with E-state index in [9.17, 15) is 4.79 Å². The zero-order chi connectivity index (χ0) is 18.8. The summed E-state index contributed by atoms with van der Waals surface area (Å²) >= 11 is 12.8. The van der Waals surface area contributed by atoms with Crippen LogP contribution in [0.1, 0.15) is 30.7 Å². The molecule has 1 saturated carbocycles. The summed E-state index contributed by atoms with van der Waals surface area (Å²) in [5.74, 6) is 1.41. The van der Waals surface area contributed by atoms with Gasteiger partial charge in [0.25, 0.3) is 0 Å². The maximum Gasteiger partial charge on any atom is 0.223 e. The minimum Gasteiger partial charge on any atom is -0.356 e. The molecule has 3 aromatic rings. The summed E-state index contributed by atoms with van der Waals surface area (Å²) in [5.41, 5.74) is 2.91. The summed E-state index contributed by atoms with van der Waals surface area (Å²) in [5, 5.41) is 4.33. The van der Waals surface area contributed by atoms with Gasteiger partial charge >= 0.3 is 0 Å². The van der Waals surface area contributed by atoms with Gasteiger partial charge in [-0.1, -0.05) is 41.4 Å². The van der Waals surface area contributed by atoms with Gasteiger partial charge in [-0.25, -0.2) is 4.98 Å². The van der Waals surface area contributed by atoms with Gasteiger partial charge in [-0.3, -0.25) is 4.79 Å². The van der Waals surface area contributed by atoms with E-state index in [1.165, 1.54) is 0 Å². The number of imidazole rings is 1. The number of hydrogen-bond donors (Lipinski definition) is 1. The number of nitrogens with zero attached hydrogens (tertiary/aromatic N) is 2. The van der Waals surface area contributed by atoms with Gasteiger partial charge in [0.2, 0.25) is 5.91 Å². The molecule has 0 aliphatic heterocycles. The molecule has 6 heteroatoms. The van der Waals surface area contributed by atoms with Crippen molar-refractivity contribution < 1.29 is 4.79 Å². The third kappa shape index (κ3) is 4.12. The van der Waals surface area contributed by atoms with Crippen LogP contribution in [0.4, 0.5) is 0 Å². The lowest BCUT2D eigenvalue weighted by atomic mass is 10.2. The molecule has 1 aliphatic carbocycles. The Balaban J connectivity index is 1.54. The van der Waals surface area contributed by atoms with E-state index in [0.29, 0.717) is 23.1 Å². The molecule has 0 saturated heterocycles. The SMILES string of the molecule is O=C(NCCCc1nc2ccccc2n1Cc1c(Cl)cccc1Cl)C1CC1. The first-order chi connectivity index (χ1) is 13.1. The van der Waals surface area contributed by atoms with Gasteiger partial charge in [-0.05, 0) is 43.5 Å². The molecule has 1 aromatic heterocycles. The molecule has 4 nitrogen and oxygen atoms in total. The van der Waals surface area contributed by atoms with Gasteiger partial charge in [-0.2, -0.15) is 0 Å². The van der Waals surface area contributed by atoms with E-state index in [0.717, 1.165) is 48.1 Å². The first-order valence-corrected chi connectivity index (χ1v) is 10.0. The maximum atomic E-state index is 11.8. The molecule has 1 amide bonds.